The van der Waals surface area contributed by atoms with E-state index in [1.807, 2.05) is 36.4 Å². The van der Waals surface area contributed by atoms with Crippen LogP contribution in [0.25, 0.3) is 0 Å². The zero-order valence-corrected chi connectivity index (χ0v) is 17.5. The predicted molar refractivity (Wildman–Crippen MR) is 110 cm³/mol. The van der Waals surface area contributed by atoms with Crippen LogP contribution in [0, 0.1) is 5.92 Å². The second-order valence-electron chi connectivity index (χ2n) is 6.67. The molecule has 2 atom stereocenters. The van der Waals surface area contributed by atoms with Crippen LogP contribution in [0.2, 0.25) is 0 Å². The summed E-state index contributed by atoms with van der Waals surface area (Å²) in [6.07, 6.45) is 1.26. The molecule has 0 aliphatic carbocycles. The molecule has 1 aromatic heterocycles. The Bertz CT molecular complexity index is 755. The highest BCUT2D eigenvalue weighted by Crippen LogP contribution is 2.28. The smallest absolute Gasteiger partial charge is 0.224 e. The van der Waals surface area contributed by atoms with Gasteiger partial charge < -0.3 is 15.3 Å². The Labute approximate surface area is 171 Å². The van der Waals surface area contributed by atoms with Gasteiger partial charge in [0.15, 0.2) is 5.82 Å². The van der Waals surface area contributed by atoms with Crippen LogP contribution in [-0.2, 0) is 4.79 Å². The zero-order chi connectivity index (χ0) is 19.2. The summed E-state index contributed by atoms with van der Waals surface area (Å²) in [6, 6.07) is 12.0. The van der Waals surface area contributed by atoms with E-state index in [1.165, 1.54) is 0 Å². The molecule has 1 aliphatic rings. The topological polar surface area (TPSA) is 78.4 Å². The second-order valence-corrected chi connectivity index (χ2v) is 8.67. The van der Waals surface area contributed by atoms with Crippen LogP contribution in [0.3, 0.4) is 0 Å². The van der Waals surface area contributed by atoms with Gasteiger partial charge in [0.05, 0.1) is 12.0 Å². The molecule has 0 saturated carbocycles. The van der Waals surface area contributed by atoms with Gasteiger partial charge in [0.2, 0.25) is 5.91 Å². The minimum atomic E-state index is -0.532. The van der Waals surface area contributed by atoms with E-state index in [9.17, 15) is 9.90 Å². The summed E-state index contributed by atoms with van der Waals surface area (Å²) in [7, 11) is 0. The molecule has 3 rings (SSSR count). The predicted octanol–water partition coefficient (Wildman–Crippen LogP) is 3.10. The highest BCUT2D eigenvalue weighted by atomic mass is 79.9. The number of carbonyl (C=O) groups is 1. The van der Waals surface area contributed by atoms with E-state index in [0.29, 0.717) is 6.54 Å². The van der Waals surface area contributed by atoms with Crippen molar-refractivity contribution in [2.24, 2.45) is 5.92 Å². The molecule has 1 aromatic carbocycles. The van der Waals surface area contributed by atoms with Crippen molar-refractivity contribution >= 4 is 39.4 Å². The SMILES string of the molecule is CC(O)CNC(=O)C1CCCN(c2ccc(Sc3ccc(Br)cc3)nn2)C1. The first-order valence-corrected chi connectivity index (χ1v) is 10.6. The van der Waals surface area contributed by atoms with Crippen molar-refractivity contribution < 1.29 is 9.90 Å². The fraction of sp³-hybridized carbons (Fsp3) is 0.421. The van der Waals surface area contributed by atoms with Gasteiger partial charge in [-0.25, -0.2) is 0 Å². The van der Waals surface area contributed by atoms with E-state index in [-0.39, 0.29) is 18.4 Å². The second kappa shape index (κ2) is 9.52. The highest BCUT2D eigenvalue weighted by Gasteiger charge is 2.26. The number of aliphatic hydroxyl groups excluding tert-OH is 1. The van der Waals surface area contributed by atoms with Gasteiger partial charge in [-0.1, -0.05) is 27.7 Å². The largest absolute Gasteiger partial charge is 0.392 e. The molecule has 6 nitrogen and oxygen atoms in total. The number of nitrogens with one attached hydrogen (secondary N) is 1. The molecule has 1 amide bonds. The van der Waals surface area contributed by atoms with Crippen LogP contribution >= 0.6 is 27.7 Å². The number of hydrogen-bond acceptors (Lipinski definition) is 6. The zero-order valence-electron chi connectivity index (χ0n) is 15.1. The van der Waals surface area contributed by atoms with Crippen molar-refractivity contribution in [3.05, 3.63) is 40.9 Å². The number of aromatic nitrogens is 2. The summed E-state index contributed by atoms with van der Waals surface area (Å²) in [6.45, 7) is 3.45. The van der Waals surface area contributed by atoms with Gasteiger partial charge in [-0.2, -0.15) is 0 Å². The molecule has 2 heterocycles. The Morgan fingerprint density at radius 2 is 2.11 bits per heavy atom. The maximum Gasteiger partial charge on any atom is 0.224 e. The quantitative estimate of drug-likeness (QED) is 0.703. The standard InChI is InChI=1S/C19H23BrN4O2S/c1-13(25)11-21-19(26)14-3-2-10-24(12-14)17-8-9-18(23-22-17)27-16-6-4-15(20)5-7-16/h4-9,13-14,25H,2-3,10-12H2,1H3,(H,21,26). The summed E-state index contributed by atoms with van der Waals surface area (Å²) >= 11 is 5.00. The molecule has 0 radical (unpaired) electrons. The number of anilines is 1. The number of amides is 1. The number of aliphatic hydroxyl groups is 1. The Morgan fingerprint density at radius 3 is 2.78 bits per heavy atom. The van der Waals surface area contributed by atoms with E-state index >= 15 is 0 Å². The van der Waals surface area contributed by atoms with Crippen molar-refractivity contribution in [3.8, 4) is 0 Å². The lowest BCUT2D eigenvalue weighted by molar-refractivity contribution is -0.125. The molecular formula is C19H23BrN4O2S. The molecule has 1 fully saturated rings. The molecule has 2 aromatic rings. The van der Waals surface area contributed by atoms with E-state index < -0.39 is 6.10 Å². The average molecular weight is 451 g/mol. The van der Waals surface area contributed by atoms with E-state index in [1.54, 1.807) is 18.7 Å². The van der Waals surface area contributed by atoms with Crippen molar-refractivity contribution in [3.63, 3.8) is 0 Å². The first kappa shape index (κ1) is 20.1. The molecule has 1 saturated heterocycles. The third kappa shape index (κ3) is 5.92. The summed E-state index contributed by atoms with van der Waals surface area (Å²) < 4.78 is 1.05. The molecule has 1 aliphatic heterocycles. The number of hydrogen-bond donors (Lipinski definition) is 2. The molecule has 2 unspecified atom stereocenters. The monoisotopic (exact) mass is 450 g/mol. The molecule has 0 spiro atoms. The lowest BCUT2D eigenvalue weighted by atomic mass is 9.97. The Hall–Kier alpha value is -1.64. The molecular weight excluding hydrogens is 428 g/mol. The third-order valence-electron chi connectivity index (χ3n) is 4.35. The number of benzene rings is 1. The van der Waals surface area contributed by atoms with Gasteiger partial charge in [-0.15, -0.1) is 10.2 Å². The lowest BCUT2D eigenvalue weighted by Gasteiger charge is -2.32. The Balaban J connectivity index is 1.59. The van der Waals surface area contributed by atoms with Gasteiger partial charge in [-0.05, 0) is 56.2 Å². The van der Waals surface area contributed by atoms with Crippen molar-refractivity contribution in [2.75, 3.05) is 24.5 Å². The van der Waals surface area contributed by atoms with E-state index in [4.69, 9.17) is 0 Å². The van der Waals surface area contributed by atoms with Gasteiger partial charge in [0.1, 0.15) is 5.03 Å². The maximum absolute atomic E-state index is 12.3. The first-order chi connectivity index (χ1) is 13.0. The fourth-order valence-electron chi connectivity index (χ4n) is 2.95. The van der Waals surface area contributed by atoms with Crippen molar-refractivity contribution in [1.82, 2.24) is 15.5 Å². The Morgan fingerprint density at radius 1 is 1.33 bits per heavy atom. The average Bonchev–Trinajstić information content (AvgIpc) is 2.68. The fourth-order valence-corrected chi connectivity index (χ4v) is 3.95. The van der Waals surface area contributed by atoms with Crippen LogP contribution in [0.15, 0.2) is 50.8 Å². The Kier molecular flexibility index (Phi) is 7.09. The summed E-state index contributed by atoms with van der Waals surface area (Å²) in [4.78, 5) is 15.5. The molecule has 0 bridgehead atoms. The van der Waals surface area contributed by atoms with E-state index in [0.717, 1.165) is 39.6 Å². The number of nitrogens with zero attached hydrogens (tertiary/aromatic N) is 3. The molecule has 8 heteroatoms. The van der Waals surface area contributed by atoms with Crippen LogP contribution in [0.1, 0.15) is 19.8 Å². The number of rotatable bonds is 6. The lowest BCUT2D eigenvalue weighted by Crippen LogP contribution is -2.44. The molecule has 2 N–H and O–H groups in total. The minimum Gasteiger partial charge on any atom is -0.392 e. The molecule has 27 heavy (non-hydrogen) atoms. The van der Waals surface area contributed by atoms with Crippen LogP contribution < -0.4 is 10.2 Å². The van der Waals surface area contributed by atoms with Gasteiger partial charge in [0.25, 0.3) is 0 Å². The highest BCUT2D eigenvalue weighted by molar-refractivity contribution is 9.10. The van der Waals surface area contributed by atoms with Gasteiger partial charge in [0, 0.05) is 29.0 Å². The third-order valence-corrected chi connectivity index (χ3v) is 5.81. The van der Waals surface area contributed by atoms with E-state index in [2.05, 4.69) is 36.3 Å². The number of carbonyl (C=O) groups excluding carboxylic acids is 1. The van der Waals surface area contributed by atoms with Crippen molar-refractivity contribution in [2.45, 2.75) is 35.8 Å². The maximum atomic E-state index is 12.3. The summed E-state index contributed by atoms with van der Waals surface area (Å²) in [5, 5.41) is 21.7. The summed E-state index contributed by atoms with van der Waals surface area (Å²) in [5.74, 6) is 0.704. The van der Waals surface area contributed by atoms with Crippen LogP contribution in [0.4, 0.5) is 5.82 Å². The number of halogens is 1. The normalized spacial score (nSPS) is 18.2. The first-order valence-electron chi connectivity index (χ1n) is 8.99. The molecule has 144 valence electrons. The van der Waals surface area contributed by atoms with Crippen LogP contribution in [-0.4, -0.2) is 46.9 Å². The summed E-state index contributed by atoms with van der Waals surface area (Å²) in [5.41, 5.74) is 0. The van der Waals surface area contributed by atoms with Crippen LogP contribution in [0.5, 0.6) is 0 Å². The van der Waals surface area contributed by atoms with Crippen molar-refractivity contribution in [1.29, 1.82) is 0 Å². The van der Waals surface area contributed by atoms with Gasteiger partial charge in [-0.3, -0.25) is 4.79 Å². The minimum absolute atomic E-state index is 0.00373. The van der Waals surface area contributed by atoms with Gasteiger partial charge >= 0.3 is 0 Å². The number of piperidine rings is 1.